The van der Waals surface area contributed by atoms with Crippen LogP contribution in [0.25, 0.3) is 22.8 Å². The molecule has 1 radical (unpaired) electrons. The zero-order valence-corrected chi connectivity index (χ0v) is 43.4. The van der Waals surface area contributed by atoms with E-state index >= 15 is 0 Å². The fraction of sp³-hybridized carbons (Fsp3) is 0.245. The number of hydrogen-bond acceptors (Lipinski definition) is 14. The third-order valence-electron chi connectivity index (χ3n) is 9.36. The first-order valence-electron chi connectivity index (χ1n) is 22.0. The van der Waals surface area contributed by atoms with Crippen LogP contribution < -0.4 is 21.3 Å². The van der Waals surface area contributed by atoms with E-state index in [1.54, 1.807) is 63.3 Å². The fourth-order valence-electron chi connectivity index (χ4n) is 6.05. The van der Waals surface area contributed by atoms with Crippen LogP contribution in [0.2, 0.25) is 0 Å². The molecule has 7 aromatic rings. The summed E-state index contributed by atoms with van der Waals surface area (Å²) in [5.41, 5.74) is 4.69. The fourth-order valence-corrected chi connectivity index (χ4v) is 8.48. The maximum Gasteiger partial charge on any atom is 0.243 e. The van der Waals surface area contributed by atoms with Gasteiger partial charge in [-0.2, -0.15) is 58.7 Å². The number of pyridine rings is 3. The van der Waals surface area contributed by atoms with Gasteiger partial charge in [0.05, 0.1) is 27.3 Å². The van der Waals surface area contributed by atoms with Crippen LogP contribution in [0.4, 0.5) is 5.69 Å². The van der Waals surface area contributed by atoms with E-state index in [0.717, 1.165) is 22.0 Å². The number of rotatable bonds is 22. The molecule has 1 atom stereocenters. The van der Waals surface area contributed by atoms with Crippen LogP contribution in [0, 0.1) is 19.1 Å². The molecule has 0 saturated heterocycles. The summed E-state index contributed by atoms with van der Waals surface area (Å²) in [6.45, 7) is 2.54. The van der Waals surface area contributed by atoms with E-state index in [1.165, 1.54) is 10.8 Å². The number of aryl methyl sites for hydroxylation is 1. The number of nitrogens with one attached hydrogen (secondary N) is 4. The summed E-state index contributed by atoms with van der Waals surface area (Å²) in [6, 6.07) is 36.5. The van der Waals surface area contributed by atoms with E-state index in [1.807, 2.05) is 110 Å². The summed E-state index contributed by atoms with van der Waals surface area (Å²) in [4.78, 5) is 62.4. The second kappa shape index (κ2) is 31.6. The van der Waals surface area contributed by atoms with Crippen LogP contribution in [0.5, 0.6) is 0 Å². The predicted molar refractivity (Wildman–Crippen MR) is 268 cm³/mol. The van der Waals surface area contributed by atoms with Crippen molar-refractivity contribution in [2.24, 2.45) is 0 Å². The second-order valence-corrected chi connectivity index (χ2v) is 18.8. The van der Waals surface area contributed by atoms with E-state index in [0.29, 0.717) is 42.2 Å². The summed E-state index contributed by atoms with van der Waals surface area (Å²) in [5.74, 6) is -2.43. The Morgan fingerprint density at radius 3 is 1.90 bits per heavy atom. The van der Waals surface area contributed by atoms with Gasteiger partial charge in [0.15, 0.2) is 0 Å². The molecule has 0 fully saturated rings. The van der Waals surface area contributed by atoms with E-state index in [4.69, 9.17) is 0 Å². The van der Waals surface area contributed by atoms with Crippen molar-refractivity contribution in [2.75, 3.05) is 29.9 Å². The molecule has 2 aromatic carbocycles. The summed E-state index contributed by atoms with van der Waals surface area (Å²) in [6.07, 6.45) is 13.2. The molecule has 0 aliphatic carbocycles. The van der Waals surface area contributed by atoms with Gasteiger partial charge in [-0.1, -0.05) is 16.9 Å². The number of benzene rings is 2. The Hall–Kier alpha value is -6.55. The largest absolute Gasteiger partial charge is 0.748 e. The summed E-state index contributed by atoms with van der Waals surface area (Å²) >= 11 is 0. The molecule has 7 rings (SSSR count). The molecule has 1 unspecified atom stereocenters. The summed E-state index contributed by atoms with van der Waals surface area (Å²) in [7, 11) is -1.74. The van der Waals surface area contributed by atoms with E-state index < -0.39 is 33.7 Å². The standard InChI is InChI=1S/C31H39N7O7S3.2C9H7N2.Ir/c1-22-11-15-32-24(19-22)25-20-23(12-16-33-25)37-28(40)8-6-9-29(41)38-26(21-48(43,44)45)31(42)36-14-4-2-7-27(39)34-17-18-46-47-30-10-3-5-13-35-30;2*1-2-5-9(6-3-1)11-8-4-7-10-11;/h3,5,10-13,15-16,19-20,26H,2,4,6-9,14,17-18,21H2,1H3,(H,34,39)(H,36,42)(H,38,41)(H,33,37,40)(H,43,44,45);2*1-5,7-8H;/q;2*-1;/p-1. The molecule has 0 aliphatic rings. The third kappa shape index (κ3) is 22.8. The van der Waals surface area contributed by atoms with Crippen molar-refractivity contribution >= 4 is 61.0 Å². The van der Waals surface area contributed by atoms with Crippen LogP contribution in [-0.2, 0) is 49.4 Å². The molecule has 0 bridgehead atoms. The molecule has 0 spiro atoms. The van der Waals surface area contributed by atoms with Gasteiger partial charge in [-0.25, -0.2) is 13.4 Å². The van der Waals surface area contributed by atoms with Gasteiger partial charge >= 0.3 is 0 Å². The smallest absolute Gasteiger partial charge is 0.243 e. The number of hydrogen-bond donors (Lipinski definition) is 4. The predicted octanol–water partition coefficient (Wildman–Crippen LogP) is 6.17. The zero-order valence-electron chi connectivity index (χ0n) is 38.6. The van der Waals surface area contributed by atoms with Gasteiger partial charge in [0.1, 0.15) is 11.1 Å². The van der Waals surface area contributed by atoms with Crippen LogP contribution in [-0.4, -0.2) is 102 Å². The van der Waals surface area contributed by atoms with Crippen molar-refractivity contribution in [3.63, 3.8) is 0 Å². The number of carbonyl (C=O) groups excluding carboxylic acids is 4. The third-order valence-corrected chi connectivity index (χ3v) is 12.4. The Kier molecular flexibility index (Phi) is 25.4. The number of anilines is 1. The van der Waals surface area contributed by atoms with Crippen molar-refractivity contribution in [2.45, 2.75) is 56.5 Å². The molecular formula is C49H52IrN11O7S3-3. The number of amides is 4. The minimum Gasteiger partial charge on any atom is -0.748 e. The quantitative estimate of drug-likeness (QED) is 0.0257. The first-order chi connectivity index (χ1) is 33.9. The van der Waals surface area contributed by atoms with Gasteiger partial charge in [-0.05, 0) is 102 Å². The van der Waals surface area contributed by atoms with Gasteiger partial charge in [0, 0.05) is 107 Å². The zero-order chi connectivity index (χ0) is 49.8. The minimum absolute atomic E-state index is 0. The Morgan fingerprint density at radius 2 is 1.31 bits per heavy atom. The Balaban J connectivity index is 0.000000381. The SMILES string of the molecule is Cc1ccnc(-c2cc(NC(=O)CCCC(=O)NC(CS(=O)(=O)[O-])C(=O)NCCCCC(=O)NCCSSc3ccccn3)ccn2)c1.[Ir].[c-]1ccccc1-n1cccn1.[c-]1ccccc1-n1cccn1. The van der Waals surface area contributed by atoms with E-state index in [9.17, 15) is 32.1 Å². The molecule has 18 nitrogen and oxygen atoms in total. The molecule has 5 aromatic heterocycles. The first-order valence-corrected chi connectivity index (χ1v) is 25.9. The topological polar surface area (TPSA) is 248 Å². The maximum atomic E-state index is 12.6. The number of nitrogens with zero attached hydrogens (tertiary/aromatic N) is 7. The van der Waals surface area contributed by atoms with Gasteiger partial charge in [-0.15, -0.1) is 12.1 Å². The van der Waals surface area contributed by atoms with Gasteiger partial charge < -0.3 is 25.8 Å². The molecule has 0 saturated carbocycles. The number of para-hydroxylation sites is 2. The van der Waals surface area contributed by atoms with E-state index in [-0.39, 0.29) is 64.1 Å². The van der Waals surface area contributed by atoms with Crippen molar-refractivity contribution in [3.8, 4) is 22.8 Å². The average molecular weight is 1200 g/mol. The van der Waals surface area contributed by atoms with Gasteiger partial charge in [-0.3, -0.25) is 38.5 Å². The molecule has 4 N–H and O–H groups in total. The van der Waals surface area contributed by atoms with Crippen molar-refractivity contribution < 1.29 is 52.3 Å². The second-order valence-electron chi connectivity index (χ2n) is 15.0. The average Bonchev–Trinajstić information content (AvgIpc) is 4.12. The number of unbranched alkanes of at least 4 members (excludes halogenated alkanes) is 1. The molecule has 22 heteroatoms. The maximum absolute atomic E-state index is 12.6. The molecule has 4 amide bonds. The first kappa shape index (κ1) is 57.0. The molecule has 0 aliphatic heterocycles. The molecule has 71 heavy (non-hydrogen) atoms. The number of aromatic nitrogens is 7. The normalized spacial score (nSPS) is 11.0. The molecule has 375 valence electrons. The van der Waals surface area contributed by atoms with Crippen LogP contribution in [0.3, 0.4) is 0 Å². The van der Waals surface area contributed by atoms with Crippen LogP contribution >= 0.6 is 21.6 Å². The minimum atomic E-state index is -4.84. The van der Waals surface area contributed by atoms with Gasteiger partial charge in [0.25, 0.3) is 0 Å². The summed E-state index contributed by atoms with van der Waals surface area (Å²) in [5, 5.41) is 19.4. The molecule has 5 heterocycles. The monoisotopic (exact) mass is 1200 g/mol. The van der Waals surface area contributed by atoms with E-state index in [2.05, 4.69) is 58.5 Å². The van der Waals surface area contributed by atoms with Crippen molar-refractivity contribution in [1.29, 1.82) is 0 Å². The van der Waals surface area contributed by atoms with Crippen molar-refractivity contribution in [1.82, 2.24) is 50.5 Å². The Morgan fingerprint density at radius 1 is 0.676 bits per heavy atom. The van der Waals surface area contributed by atoms with Crippen LogP contribution in [0.1, 0.15) is 44.1 Å². The Bertz CT molecular complexity index is 2690. The Labute approximate surface area is 434 Å². The molecular weight excluding hydrogens is 1140 g/mol. The number of carbonyl (C=O) groups is 4. The van der Waals surface area contributed by atoms with Crippen molar-refractivity contribution in [3.05, 3.63) is 164 Å². The van der Waals surface area contributed by atoms with Gasteiger partial charge in [0.2, 0.25) is 23.6 Å². The van der Waals surface area contributed by atoms with Crippen LogP contribution in [0.15, 0.2) is 152 Å². The summed E-state index contributed by atoms with van der Waals surface area (Å²) < 4.78 is 37.7.